The summed E-state index contributed by atoms with van der Waals surface area (Å²) < 4.78 is 1.18. The van der Waals surface area contributed by atoms with Crippen LogP contribution in [0.3, 0.4) is 0 Å². The van der Waals surface area contributed by atoms with E-state index in [0.29, 0.717) is 5.56 Å². The first kappa shape index (κ1) is 6.38. The molecule has 0 N–H and O–H groups in total. The zero-order valence-electron chi connectivity index (χ0n) is 5.66. The summed E-state index contributed by atoms with van der Waals surface area (Å²) in [4.78, 5) is 0. The Kier molecular flexibility index (Phi) is 1.38. The van der Waals surface area contributed by atoms with Crippen LogP contribution in [0.4, 0.5) is 0 Å². The molecule has 11 heavy (non-hydrogen) atoms. The highest BCUT2D eigenvalue weighted by Gasteiger charge is 1.95. The lowest BCUT2D eigenvalue weighted by molar-refractivity contribution is 1.50. The van der Waals surface area contributed by atoms with Crippen molar-refractivity contribution in [2.45, 2.75) is 0 Å². The van der Waals surface area contributed by atoms with Crippen LogP contribution in [0.25, 0.3) is 10.1 Å². The van der Waals surface area contributed by atoms with E-state index < -0.39 is 0 Å². The molecule has 51 valence electrons. The molecule has 2 heteroatoms. The number of benzene rings is 1. The van der Waals surface area contributed by atoms with Crippen molar-refractivity contribution in [1.82, 2.24) is 0 Å². The summed E-state index contributed by atoms with van der Waals surface area (Å²) in [6.07, 6.45) is 0. The van der Waals surface area contributed by atoms with E-state index in [1.54, 1.807) is 11.3 Å². The molecular weight excluding hydrogens is 154 g/mol. The third-order valence-electron chi connectivity index (χ3n) is 1.51. The minimum atomic E-state index is 0.701. The fourth-order valence-corrected chi connectivity index (χ4v) is 1.68. The zero-order valence-corrected chi connectivity index (χ0v) is 6.48. The first-order valence-electron chi connectivity index (χ1n) is 3.19. The molecule has 0 unspecified atom stereocenters. The van der Waals surface area contributed by atoms with Gasteiger partial charge in [-0.2, -0.15) is 5.26 Å². The smallest absolute Gasteiger partial charge is 0.0991 e. The van der Waals surface area contributed by atoms with Gasteiger partial charge in [-0.15, -0.1) is 11.3 Å². The van der Waals surface area contributed by atoms with E-state index in [1.807, 2.05) is 23.6 Å². The van der Waals surface area contributed by atoms with Gasteiger partial charge >= 0.3 is 0 Å². The molecule has 0 spiro atoms. The lowest BCUT2D eigenvalue weighted by atomic mass is 10.2. The fourth-order valence-electron chi connectivity index (χ4n) is 0.972. The average molecular weight is 158 g/mol. The molecular formula is C9H4NS. The van der Waals surface area contributed by atoms with E-state index in [4.69, 9.17) is 5.26 Å². The lowest BCUT2D eigenvalue weighted by Gasteiger charge is -1.87. The molecule has 0 atom stereocenters. The molecule has 0 fully saturated rings. The molecule has 1 nitrogen and oxygen atoms in total. The molecule has 0 saturated heterocycles. The molecule has 0 aliphatic carbocycles. The van der Waals surface area contributed by atoms with Crippen LogP contribution in [0.1, 0.15) is 5.56 Å². The van der Waals surface area contributed by atoms with Crippen LogP contribution in [0.5, 0.6) is 0 Å². The summed E-state index contributed by atoms with van der Waals surface area (Å²) in [6, 6.07) is 10.8. The van der Waals surface area contributed by atoms with Gasteiger partial charge in [-0.3, -0.25) is 0 Å². The number of fused-ring (bicyclic) bond motifs is 1. The van der Waals surface area contributed by atoms with Crippen molar-refractivity contribution in [1.29, 1.82) is 5.26 Å². The Bertz CT molecular complexity index is 422. The molecule has 1 aromatic heterocycles. The number of nitriles is 1. The Labute approximate surface area is 68.5 Å². The van der Waals surface area contributed by atoms with Gasteiger partial charge in [-0.25, -0.2) is 0 Å². The highest BCUT2D eigenvalue weighted by atomic mass is 32.1. The van der Waals surface area contributed by atoms with E-state index >= 15 is 0 Å². The third kappa shape index (κ3) is 0.997. The van der Waals surface area contributed by atoms with Crippen molar-refractivity contribution in [2.75, 3.05) is 0 Å². The monoisotopic (exact) mass is 158 g/mol. The number of thiophene rings is 1. The highest BCUT2D eigenvalue weighted by Crippen LogP contribution is 2.20. The topological polar surface area (TPSA) is 23.8 Å². The van der Waals surface area contributed by atoms with Crippen molar-refractivity contribution in [2.24, 2.45) is 0 Å². The first-order chi connectivity index (χ1) is 5.40. The Morgan fingerprint density at radius 2 is 2.36 bits per heavy atom. The van der Waals surface area contributed by atoms with Gasteiger partial charge in [-0.1, -0.05) is 0 Å². The van der Waals surface area contributed by atoms with E-state index in [0.717, 1.165) is 5.39 Å². The lowest BCUT2D eigenvalue weighted by Crippen LogP contribution is -1.70. The van der Waals surface area contributed by atoms with Crippen molar-refractivity contribution >= 4 is 21.4 Å². The highest BCUT2D eigenvalue weighted by molar-refractivity contribution is 7.17. The average Bonchev–Trinajstić information content (AvgIpc) is 2.50. The fraction of sp³-hybridized carbons (Fsp3) is 0. The number of nitrogens with zero attached hydrogens (tertiary/aromatic N) is 1. The summed E-state index contributed by atoms with van der Waals surface area (Å²) >= 11 is 1.64. The van der Waals surface area contributed by atoms with Gasteiger partial charge in [0.1, 0.15) is 0 Å². The Morgan fingerprint density at radius 3 is 3.18 bits per heavy atom. The van der Waals surface area contributed by atoms with Crippen LogP contribution in [-0.4, -0.2) is 0 Å². The first-order valence-corrected chi connectivity index (χ1v) is 4.07. The van der Waals surface area contributed by atoms with Crippen molar-refractivity contribution in [3.63, 3.8) is 0 Å². The van der Waals surface area contributed by atoms with Crippen LogP contribution < -0.4 is 0 Å². The normalized spacial score (nSPS) is 9.73. The molecule has 1 radical (unpaired) electrons. The second kappa shape index (κ2) is 2.37. The van der Waals surface area contributed by atoms with Crippen LogP contribution in [0.2, 0.25) is 0 Å². The summed E-state index contributed by atoms with van der Waals surface area (Å²) in [5.41, 5.74) is 0.701. The van der Waals surface area contributed by atoms with Crippen molar-refractivity contribution < 1.29 is 0 Å². The largest absolute Gasteiger partial charge is 0.192 e. The Hall–Kier alpha value is -1.33. The maximum Gasteiger partial charge on any atom is 0.0991 e. The number of hydrogen-bond acceptors (Lipinski definition) is 2. The maximum atomic E-state index is 8.57. The van der Waals surface area contributed by atoms with E-state index in [1.165, 1.54) is 4.70 Å². The SMILES string of the molecule is N#Cc1ccc2sc[c]c2c1. The van der Waals surface area contributed by atoms with Gasteiger partial charge in [0.2, 0.25) is 0 Å². The summed E-state index contributed by atoms with van der Waals surface area (Å²) in [7, 11) is 0. The molecule has 0 bridgehead atoms. The van der Waals surface area contributed by atoms with Crippen molar-refractivity contribution in [3.05, 3.63) is 35.2 Å². The number of rotatable bonds is 0. The second-order valence-electron chi connectivity index (χ2n) is 2.20. The molecule has 1 heterocycles. The quantitative estimate of drug-likeness (QED) is 0.578. The predicted octanol–water partition coefficient (Wildman–Crippen LogP) is 2.57. The predicted molar refractivity (Wildman–Crippen MR) is 45.4 cm³/mol. The van der Waals surface area contributed by atoms with Gasteiger partial charge < -0.3 is 0 Å². The van der Waals surface area contributed by atoms with Gasteiger partial charge in [0, 0.05) is 16.2 Å². The maximum absolute atomic E-state index is 8.57. The summed E-state index contributed by atoms with van der Waals surface area (Å²) in [6.45, 7) is 0. The molecule has 2 aromatic rings. The van der Waals surface area contributed by atoms with Gasteiger partial charge in [0.05, 0.1) is 11.6 Å². The van der Waals surface area contributed by atoms with Gasteiger partial charge in [0.15, 0.2) is 0 Å². The standard InChI is InChI=1S/C9H4NS/c10-6-7-1-2-9-8(5-7)3-4-11-9/h1-2,4-5H. The molecule has 0 amide bonds. The Balaban J connectivity index is 2.79. The molecule has 1 aromatic carbocycles. The second-order valence-corrected chi connectivity index (χ2v) is 3.11. The Morgan fingerprint density at radius 1 is 1.45 bits per heavy atom. The minimum Gasteiger partial charge on any atom is -0.192 e. The third-order valence-corrected chi connectivity index (χ3v) is 2.35. The number of hydrogen-bond donors (Lipinski definition) is 0. The van der Waals surface area contributed by atoms with Gasteiger partial charge in [0.25, 0.3) is 0 Å². The summed E-state index contributed by atoms with van der Waals surface area (Å²) in [5, 5.41) is 11.5. The van der Waals surface area contributed by atoms with Crippen LogP contribution in [0.15, 0.2) is 23.6 Å². The van der Waals surface area contributed by atoms with Crippen LogP contribution in [-0.2, 0) is 0 Å². The van der Waals surface area contributed by atoms with E-state index in [9.17, 15) is 0 Å². The van der Waals surface area contributed by atoms with E-state index in [-0.39, 0.29) is 0 Å². The van der Waals surface area contributed by atoms with E-state index in [2.05, 4.69) is 12.1 Å². The van der Waals surface area contributed by atoms with Gasteiger partial charge in [-0.05, 0) is 23.6 Å². The molecule has 0 aliphatic rings. The van der Waals surface area contributed by atoms with Crippen LogP contribution >= 0.6 is 11.3 Å². The zero-order chi connectivity index (χ0) is 7.68. The van der Waals surface area contributed by atoms with Crippen molar-refractivity contribution in [3.8, 4) is 6.07 Å². The molecule has 2 rings (SSSR count). The molecule has 0 aliphatic heterocycles. The minimum absolute atomic E-state index is 0.701. The molecule has 0 saturated carbocycles. The summed E-state index contributed by atoms with van der Waals surface area (Å²) in [5.74, 6) is 0. The van der Waals surface area contributed by atoms with Crippen LogP contribution in [0, 0.1) is 17.4 Å².